The van der Waals surface area contributed by atoms with Gasteiger partial charge in [0.25, 0.3) is 0 Å². The Morgan fingerprint density at radius 1 is 1.40 bits per heavy atom. The molecule has 1 aromatic heterocycles. The van der Waals surface area contributed by atoms with Crippen LogP contribution in [0.4, 0.5) is 8.78 Å². The Morgan fingerprint density at radius 2 is 2.20 bits per heavy atom. The zero-order valence-corrected chi connectivity index (χ0v) is 13.1. The third-order valence-electron chi connectivity index (χ3n) is 2.53. The quantitative estimate of drug-likeness (QED) is 0.839. The van der Waals surface area contributed by atoms with Gasteiger partial charge in [0.1, 0.15) is 5.75 Å². The third-order valence-corrected chi connectivity index (χ3v) is 3.84. The molecule has 1 N–H and O–H groups in total. The van der Waals surface area contributed by atoms with Crippen molar-refractivity contribution in [2.75, 3.05) is 0 Å². The lowest BCUT2D eigenvalue weighted by Gasteiger charge is -2.11. The fourth-order valence-electron chi connectivity index (χ4n) is 1.71. The number of ether oxygens (including phenoxy) is 1. The number of rotatable bonds is 6. The average Bonchev–Trinajstić information content (AvgIpc) is 2.78. The zero-order valence-electron chi connectivity index (χ0n) is 10.7. The van der Waals surface area contributed by atoms with Crippen molar-refractivity contribution in [3.05, 3.63) is 44.3 Å². The first kappa shape index (κ1) is 15.3. The normalized spacial score (nSPS) is 11.1. The standard InChI is InChI=1S/C13H13BrF2N2OS/c1-8-18-11(7-20-8)6-17-5-9-4-10(14)2-3-12(9)19-13(15)16/h2-4,7,13,17H,5-6H2,1H3. The van der Waals surface area contributed by atoms with Gasteiger partial charge in [0, 0.05) is 28.5 Å². The summed E-state index contributed by atoms with van der Waals surface area (Å²) in [4.78, 5) is 4.33. The van der Waals surface area contributed by atoms with Crippen molar-refractivity contribution in [3.8, 4) is 5.75 Å². The molecule has 0 amide bonds. The van der Waals surface area contributed by atoms with E-state index in [0.717, 1.165) is 15.2 Å². The summed E-state index contributed by atoms with van der Waals surface area (Å²) in [6, 6.07) is 4.96. The summed E-state index contributed by atoms with van der Waals surface area (Å²) in [5.41, 5.74) is 1.62. The molecule has 0 radical (unpaired) electrons. The Bertz CT molecular complexity index is 577. The highest BCUT2D eigenvalue weighted by atomic mass is 79.9. The largest absolute Gasteiger partial charge is 0.434 e. The molecule has 0 aliphatic rings. The lowest BCUT2D eigenvalue weighted by atomic mass is 10.2. The van der Waals surface area contributed by atoms with E-state index < -0.39 is 6.61 Å². The fourth-order valence-corrected chi connectivity index (χ4v) is 2.73. The first-order valence-electron chi connectivity index (χ1n) is 5.89. The Labute approximate surface area is 128 Å². The van der Waals surface area contributed by atoms with Crippen molar-refractivity contribution in [1.82, 2.24) is 10.3 Å². The van der Waals surface area contributed by atoms with Crippen molar-refractivity contribution in [2.45, 2.75) is 26.6 Å². The minimum absolute atomic E-state index is 0.185. The van der Waals surface area contributed by atoms with E-state index in [1.54, 1.807) is 23.5 Å². The second kappa shape index (κ2) is 7.10. The molecule has 1 heterocycles. The molecule has 2 rings (SSSR count). The molecular weight excluding hydrogens is 350 g/mol. The molecule has 20 heavy (non-hydrogen) atoms. The number of hydrogen-bond donors (Lipinski definition) is 1. The van der Waals surface area contributed by atoms with E-state index in [0.29, 0.717) is 18.7 Å². The molecule has 3 nitrogen and oxygen atoms in total. The Balaban J connectivity index is 1.98. The van der Waals surface area contributed by atoms with E-state index in [1.165, 1.54) is 6.07 Å². The van der Waals surface area contributed by atoms with E-state index in [1.807, 2.05) is 12.3 Å². The molecule has 0 saturated heterocycles. The summed E-state index contributed by atoms with van der Waals surface area (Å²) in [5, 5.41) is 6.15. The Hall–Kier alpha value is -1.05. The number of alkyl halides is 2. The smallest absolute Gasteiger partial charge is 0.387 e. The molecule has 1 aromatic carbocycles. The van der Waals surface area contributed by atoms with E-state index >= 15 is 0 Å². The monoisotopic (exact) mass is 362 g/mol. The molecule has 0 saturated carbocycles. The first-order valence-corrected chi connectivity index (χ1v) is 7.57. The fraction of sp³-hybridized carbons (Fsp3) is 0.308. The number of nitrogens with one attached hydrogen (secondary N) is 1. The number of aromatic nitrogens is 1. The zero-order chi connectivity index (χ0) is 14.5. The molecule has 0 bridgehead atoms. The molecule has 0 fully saturated rings. The topological polar surface area (TPSA) is 34.2 Å². The number of thiazole rings is 1. The maximum atomic E-state index is 12.3. The summed E-state index contributed by atoms with van der Waals surface area (Å²) >= 11 is 4.90. The van der Waals surface area contributed by atoms with Crippen LogP contribution >= 0.6 is 27.3 Å². The van der Waals surface area contributed by atoms with Gasteiger partial charge >= 0.3 is 6.61 Å². The molecule has 0 aliphatic heterocycles. The first-order chi connectivity index (χ1) is 9.54. The van der Waals surface area contributed by atoms with Gasteiger partial charge in [0.2, 0.25) is 0 Å². The van der Waals surface area contributed by atoms with Crippen molar-refractivity contribution < 1.29 is 13.5 Å². The van der Waals surface area contributed by atoms with Crippen LogP contribution in [-0.2, 0) is 13.1 Å². The molecule has 0 aliphatic carbocycles. The van der Waals surface area contributed by atoms with E-state index in [4.69, 9.17) is 0 Å². The number of halogens is 3. The molecule has 0 unspecified atom stereocenters. The van der Waals surface area contributed by atoms with Gasteiger partial charge in [-0.15, -0.1) is 11.3 Å². The van der Waals surface area contributed by atoms with Crippen LogP contribution in [-0.4, -0.2) is 11.6 Å². The predicted octanol–water partition coefficient (Wildman–Crippen LogP) is 4.11. The molecule has 108 valence electrons. The highest BCUT2D eigenvalue weighted by Crippen LogP contribution is 2.24. The number of hydrogen-bond acceptors (Lipinski definition) is 4. The van der Waals surface area contributed by atoms with Crippen LogP contribution in [0.25, 0.3) is 0 Å². The summed E-state index contributed by atoms with van der Waals surface area (Å²) in [6.45, 7) is 0.135. The molecule has 0 atom stereocenters. The highest BCUT2D eigenvalue weighted by molar-refractivity contribution is 9.10. The van der Waals surface area contributed by atoms with Gasteiger partial charge in [0.05, 0.1) is 10.7 Å². The van der Waals surface area contributed by atoms with Gasteiger partial charge in [-0.05, 0) is 25.1 Å². The van der Waals surface area contributed by atoms with E-state index in [2.05, 4.69) is 31.0 Å². The SMILES string of the molecule is Cc1nc(CNCc2cc(Br)ccc2OC(F)F)cs1. The second-order valence-corrected chi connectivity index (χ2v) is 6.07. The van der Waals surface area contributed by atoms with Gasteiger partial charge in [-0.1, -0.05) is 15.9 Å². The Kier molecular flexibility index (Phi) is 5.45. The van der Waals surface area contributed by atoms with Crippen LogP contribution in [0.2, 0.25) is 0 Å². The van der Waals surface area contributed by atoms with Gasteiger partial charge < -0.3 is 10.1 Å². The minimum Gasteiger partial charge on any atom is -0.434 e. The number of nitrogens with zero attached hydrogens (tertiary/aromatic N) is 1. The number of aryl methyl sites for hydroxylation is 1. The van der Waals surface area contributed by atoms with Crippen LogP contribution in [0.15, 0.2) is 28.1 Å². The van der Waals surface area contributed by atoms with Gasteiger partial charge in [-0.3, -0.25) is 0 Å². The molecular formula is C13H13BrF2N2OS. The Morgan fingerprint density at radius 3 is 2.85 bits per heavy atom. The minimum atomic E-state index is -2.82. The third kappa shape index (κ3) is 4.50. The summed E-state index contributed by atoms with van der Waals surface area (Å²) < 4.78 is 30.0. The second-order valence-electron chi connectivity index (χ2n) is 4.09. The van der Waals surface area contributed by atoms with Gasteiger partial charge in [-0.2, -0.15) is 8.78 Å². The van der Waals surface area contributed by atoms with Crippen molar-refractivity contribution >= 4 is 27.3 Å². The predicted molar refractivity (Wildman–Crippen MR) is 78.2 cm³/mol. The maximum absolute atomic E-state index is 12.3. The van der Waals surface area contributed by atoms with Crippen LogP contribution in [0.3, 0.4) is 0 Å². The van der Waals surface area contributed by atoms with Crippen LogP contribution < -0.4 is 10.1 Å². The lowest BCUT2D eigenvalue weighted by Crippen LogP contribution is -2.14. The summed E-state index contributed by atoms with van der Waals surface area (Å²) in [5.74, 6) is 0.185. The highest BCUT2D eigenvalue weighted by Gasteiger charge is 2.10. The van der Waals surface area contributed by atoms with Gasteiger partial charge in [-0.25, -0.2) is 4.98 Å². The van der Waals surface area contributed by atoms with Crippen LogP contribution in [0.5, 0.6) is 5.75 Å². The van der Waals surface area contributed by atoms with Crippen LogP contribution in [0, 0.1) is 6.92 Å². The molecule has 7 heteroatoms. The maximum Gasteiger partial charge on any atom is 0.387 e. The lowest BCUT2D eigenvalue weighted by molar-refractivity contribution is -0.0505. The van der Waals surface area contributed by atoms with Gasteiger partial charge in [0.15, 0.2) is 0 Å². The summed E-state index contributed by atoms with van der Waals surface area (Å²) in [6.07, 6.45) is 0. The molecule has 2 aromatic rings. The van der Waals surface area contributed by atoms with Crippen LogP contribution in [0.1, 0.15) is 16.3 Å². The average molecular weight is 363 g/mol. The van der Waals surface area contributed by atoms with E-state index in [9.17, 15) is 8.78 Å². The van der Waals surface area contributed by atoms with Crippen molar-refractivity contribution in [2.24, 2.45) is 0 Å². The van der Waals surface area contributed by atoms with Crippen molar-refractivity contribution in [3.63, 3.8) is 0 Å². The van der Waals surface area contributed by atoms with E-state index in [-0.39, 0.29) is 5.75 Å². The molecule has 0 spiro atoms. The number of benzene rings is 1. The summed E-state index contributed by atoms with van der Waals surface area (Å²) in [7, 11) is 0. The van der Waals surface area contributed by atoms with Crippen molar-refractivity contribution in [1.29, 1.82) is 0 Å².